The van der Waals surface area contributed by atoms with Crippen LogP contribution in [-0.2, 0) is 9.53 Å². The second-order valence-electron chi connectivity index (χ2n) is 7.23. The molecular weight excluding hydrogens is 360 g/mol. The van der Waals surface area contributed by atoms with Crippen molar-refractivity contribution in [2.45, 2.75) is 57.5 Å². The average molecular weight is 385 g/mol. The van der Waals surface area contributed by atoms with Crippen LogP contribution in [0.3, 0.4) is 0 Å². The molecule has 5 atom stereocenters. The zero-order chi connectivity index (χ0) is 19.9. The van der Waals surface area contributed by atoms with Crippen LogP contribution >= 0.6 is 11.6 Å². The molecule has 0 amide bonds. The molecule has 2 aliphatic rings. The minimum atomic E-state index is -2.03. The summed E-state index contributed by atoms with van der Waals surface area (Å²) in [4.78, 5) is 12.1. The van der Waals surface area contributed by atoms with Gasteiger partial charge in [-0.05, 0) is 38.0 Å². The zero-order valence-corrected chi connectivity index (χ0v) is 16.0. The first-order valence-corrected chi connectivity index (χ1v) is 8.84. The number of allylic oxidation sites excluding steroid dienone is 2. The second-order valence-corrected chi connectivity index (χ2v) is 7.61. The number of ketones is 1. The van der Waals surface area contributed by atoms with Crippen LogP contribution in [0.15, 0.2) is 46.4 Å². The van der Waals surface area contributed by atoms with Gasteiger partial charge in [0, 0.05) is 11.1 Å². The lowest BCUT2D eigenvalue weighted by molar-refractivity contribution is -0.140. The lowest BCUT2D eigenvalue weighted by Crippen LogP contribution is -2.51. The number of aliphatic hydroxyl groups excluding tert-OH is 2. The molecule has 0 aromatic carbocycles. The van der Waals surface area contributed by atoms with E-state index >= 15 is 0 Å². The number of hydrogen-bond donors (Lipinski definition) is 4. The molecule has 0 spiro atoms. The van der Waals surface area contributed by atoms with Gasteiger partial charge >= 0.3 is 0 Å². The Morgan fingerprint density at radius 1 is 1.50 bits per heavy atom. The molecule has 144 valence electrons. The molecule has 0 saturated heterocycles. The highest BCUT2D eigenvalue weighted by atomic mass is 35.5. The largest absolute Gasteiger partial charge is 0.465 e. The van der Waals surface area contributed by atoms with E-state index in [1.165, 1.54) is 38.3 Å². The van der Waals surface area contributed by atoms with Gasteiger partial charge in [-0.25, -0.2) is 0 Å². The van der Waals surface area contributed by atoms with Crippen LogP contribution in [0.4, 0.5) is 0 Å². The molecule has 0 fully saturated rings. The highest BCUT2D eigenvalue weighted by Crippen LogP contribution is 2.39. The maximum Gasteiger partial charge on any atom is 0.209 e. The SMILES string of the molecule is CC[C@H](C)[C@@H](O)[C@](C)(O)/C=C/C1=CC2=C(Cl)C(=O)[C@](C)(O)[C@H](O)C2=CO1. The van der Waals surface area contributed by atoms with Crippen LogP contribution < -0.4 is 0 Å². The monoisotopic (exact) mass is 384 g/mol. The van der Waals surface area contributed by atoms with Gasteiger partial charge in [0.1, 0.15) is 17.5 Å². The molecule has 1 heterocycles. The standard InChI is InChI=1S/C19H25ClO6/c1-5-10(2)15(21)18(3,24)7-6-11-8-12-13(9-26-11)16(22)19(4,25)17(23)14(12)20/h6-10,15-16,21-22,24-25H,5H2,1-4H3/b7-6+/t10-,15+,16+,18+,19+/m0/s1. The minimum Gasteiger partial charge on any atom is -0.465 e. The Morgan fingerprint density at radius 2 is 2.12 bits per heavy atom. The van der Waals surface area contributed by atoms with Crippen molar-refractivity contribution in [2.24, 2.45) is 5.92 Å². The molecule has 1 aliphatic heterocycles. The van der Waals surface area contributed by atoms with E-state index in [1.54, 1.807) is 0 Å². The maximum atomic E-state index is 12.1. The van der Waals surface area contributed by atoms with E-state index < -0.39 is 29.2 Å². The molecule has 26 heavy (non-hydrogen) atoms. The Labute approximate surface area is 157 Å². The number of ether oxygens (including phenoxy) is 1. The fraction of sp³-hybridized carbons (Fsp3) is 0.526. The molecule has 2 rings (SSSR count). The smallest absolute Gasteiger partial charge is 0.209 e. The van der Waals surface area contributed by atoms with Gasteiger partial charge in [-0.2, -0.15) is 0 Å². The van der Waals surface area contributed by atoms with Gasteiger partial charge in [-0.1, -0.05) is 31.9 Å². The van der Waals surface area contributed by atoms with Crippen molar-refractivity contribution in [2.75, 3.05) is 0 Å². The van der Waals surface area contributed by atoms with Crippen molar-refractivity contribution in [1.82, 2.24) is 0 Å². The number of aliphatic hydroxyl groups is 4. The van der Waals surface area contributed by atoms with E-state index in [0.717, 1.165) is 0 Å². The quantitative estimate of drug-likeness (QED) is 0.574. The van der Waals surface area contributed by atoms with Crippen molar-refractivity contribution < 1.29 is 30.0 Å². The zero-order valence-electron chi connectivity index (χ0n) is 15.2. The fourth-order valence-electron chi connectivity index (χ4n) is 2.86. The molecule has 0 radical (unpaired) electrons. The van der Waals surface area contributed by atoms with Crippen LogP contribution in [0.25, 0.3) is 0 Å². The topological polar surface area (TPSA) is 107 Å². The third-order valence-corrected chi connectivity index (χ3v) is 5.38. The van der Waals surface area contributed by atoms with Crippen molar-refractivity contribution in [3.8, 4) is 0 Å². The number of Topliss-reactive ketones (excluding diaryl/α,β-unsaturated/α-hetero) is 1. The number of hydrogen-bond acceptors (Lipinski definition) is 6. The van der Waals surface area contributed by atoms with E-state index in [1.807, 2.05) is 13.8 Å². The lowest BCUT2D eigenvalue weighted by atomic mass is 9.79. The highest BCUT2D eigenvalue weighted by molar-refractivity contribution is 6.45. The molecule has 0 aromatic rings. The number of carbonyl (C=O) groups is 1. The Hall–Kier alpha value is -1.44. The van der Waals surface area contributed by atoms with E-state index in [2.05, 4.69) is 0 Å². The van der Waals surface area contributed by atoms with Gasteiger partial charge in [-0.3, -0.25) is 4.79 Å². The molecule has 7 heteroatoms. The van der Waals surface area contributed by atoms with Gasteiger partial charge in [0.25, 0.3) is 0 Å². The third kappa shape index (κ3) is 3.66. The van der Waals surface area contributed by atoms with Crippen molar-refractivity contribution >= 4 is 17.4 Å². The van der Waals surface area contributed by atoms with Gasteiger partial charge in [0.05, 0.1) is 17.4 Å². The molecular formula is C19H25ClO6. The number of rotatable bonds is 5. The van der Waals surface area contributed by atoms with Gasteiger partial charge in [0.15, 0.2) is 5.60 Å². The first-order chi connectivity index (χ1) is 11.9. The Kier molecular flexibility index (Phi) is 5.85. The molecule has 6 nitrogen and oxygen atoms in total. The minimum absolute atomic E-state index is 0.104. The average Bonchev–Trinajstić information content (AvgIpc) is 2.61. The predicted octanol–water partition coefficient (Wildman–Crippen LogP) is 1.69. The predicted molar refractivity (Wildman–Crippen MR) is 97.0 cm³/mol. The fourth-order valence-corrected chi connectivity index (χ4v) is 3.22. The number of halogens is 1. The van der Waals surface area contributed by atoms with Gasteiger partial charge in [0.2, 0.25) is 5.78 Å². The summed E-state index contributed by atoms with van der Waals surface area (Å²) in [6.07, 6.45) is 3.79. The summed E-state index contributed by atoms with van der Waals surface area (Å²) in [6, 6.07) is 0. The van der Waals surface area contributed by atoms with E-state index in [-0.39, 0.29) is 27.9 Å². The third-order valence-electron chi connectivity index (χ3n) is 5.01. The summed E-state index contributed by atoms with van der Waals surface area (Å²) in [6.45, 7) is 6.43. The molecule has 0 unspecified atom stereocenters. The summed E-state index contributed by atoms with van der Waals surface area (Å²) >= 11 is 6.06. The van der Waals surface area contributed by atoms with E-state index in [9.17, 15) is 25.2 Å². The Morgan fingerprint density at radius 3 is 2.69 bits per heavy atom. The summed E-state index contributed by atoms with van der Waals surface area (Å²) < 4.78 is 5.40. The highest BCUT2D eigenvalue weighted by Gasteiger charge is 2.48. The second kappa shape index (κ2) is 7.29. The first kappa shape index (κ1) is 20.9. The van der Waals surface area contributed by atoms with Crippen LogP contribution in [0.1, 0.15) is 34.1 Å². The molecule has 0 saturated carbocycles. The first-order valence-electron chi connectivity index (χ1n) is 8.47. The lowest BCUT2D eigenvalue weighted by Gasteiger charge is -2.35. The maximum absolute atomic E-state index is 12.1. The normalized spacial score (nSPS) is 31.0. The molecule has 4 N–H and O–H groups in total. The summed E-state index contributed by atoms with van der Waals surface area (Å²) in [5, 5.41) is 40.8. The Balaban J connectivity index is 2.31. The van der Waals surface area contributed by atoms with Crippen molar-refractivity contribution in [3.05, 3.63) is 46.4 Å². The van der Waals surface area contributed by atoms with Crippen molar-refractivity contribution in [1.29, 1.82) is 0 Å². The molecule has 1 aliphatic carbocycles. The van der Waals surface area contributed by atoms with Crippen molar-refractivity contribution in [3.63, 3.8) is 0 Å². The van der Waals surface area contributed by atoms with Gasteiger partial charge < -0.3 is 25.2 Å². The van der Waals surface area contributed by atoms with Crippen LogP contribution in [0, 0.1) is 5.92 Å². The number of fused-ring (bicyclic) bond motifs is 1. The van der Waals surface area contributed by atoms with Crippen LogP contribution in [0.5, 0.6) is 0 Å². The Bertz CT molecular complexity index is 714. The molecule has 0 aromatic heterocycles. The summed E-state index contributed by atoms with van der Waals surface area (Å²) in [7, 11) is 0. The van der Waals surface area contributed by atoms with E-state index in [4.69, 9.17) is 16.3 Å². The van der Waals surface area contributed by atoms with Gasteiger partial charge in [-0.15, -0.1) is 0 Å². The number of carbonyl (C=O) groups excluding carboxylic acids is 1. The summed E-state index contributed by atoms with van der Waals surface area (Å²) in [5.41, 5.74) is -3.05. The molecule has 0 bridgehead atoms. The summed E-state index contributed by atoms with van der Waals surface area (Å²) in [5.74, 6) is -0.618. The van der Waals surface area contributed by atoms with Crippen LogP contribution in [-0.4, -0.2) is 49.6 Å². The van der Waals surface area contributed by atoms with E-state index in [0.29, 0.717) is 6.42 Å². The van der Waals surface area contributed by atoms with Crippen LogP contribution in [0.2, 0.25) is 0 Å².